The summed E-state index contributed by atoms with van der Waals surface area (Å²) in [6.07, 6.45) is 1.61. The van der Waals surface area contributed by atoms with E-state index in [2.05, 4.69) is 59.2 Å². The van der Waals surface area contributed by atoms with Crippen LogP contribution in [-0.2, 0) is 12.5 Å². The van der Waals surface area contributed by atoms with Crippen molar-refractivity contribution in [3.63, 3.8) is 0 Å². The van der Waals surface area contributed by atoms with E-state index in [9.17, 15) is 4.79 Å². The minimum absolute atomic E-state index is 0.138. The van der Waals surface area contributed by atoms with Gasteiger partial charge in [-0.1, -0.05) is 32.9 Å². The number of ether oxygens (including phenoxy) is 1. The molecule has 0 amide bonds. The van der Waals surface area contributed by atoms with E-state index in [-0.39, 0.29) is 11.0 Å². The highest BCUT2D eigenvalue weighted by Gasteiger charge is 2.13. The van der Waals surface area contributed by atoms with Crippen molar-refractivity contribution in [1.82, 2.24) is 9.78 Å². The summed E-state index contributed by atoms with van der Waals surface area (Å²) in [5.41, 5.74) is 1.91. The van der Waals surface area contributed by atoms with Crippen molar-refractivity contribution < 1.29 is 4.74 Å². The highest BCUT2D eigenvalue weighted by atomic mass is 79.9. The molecule has 0 spiro atoms. The predicted octanol–water partition coefficient (Wildman–Crippen LogP) is 3.33. The van der Waals surface area contributed by atoms with E-state index >= 15 is 0 Å². The van der Waals surface area contributed by atoms with Crippen LogP contribution in [0.15, 0.2) is 39.7 Å². The van der Waals surface area contributed by atoms with Crippen LogP contribution < -0.4 is 15.6 Å². The molecule has 23 heavy (non-hydrogen) atoms. The molecule has 1 aromatic heterocycles. The molecule has 0 saturated heterocycles. The maximum Gasteiger partial charge on any atom is 0.282 e. The van der Waals surface area contributed by atoms with Gasteiger partial charge in [-0.25, -0.2) is 4.68 Å². The molecule has 2 rings (SSSR count). The smallest absolute Gasteiger partial charge is 0.282 e. The van der Waals surface area contributed by atoms with Gasteiger partial charge in [0.1, 0.15) is 16.8 Å². The van der Waals surface area contributed by atoms with Gasteiger partial charge >= 0.3 is 0 Å². The van der Waals surface area contributed by atoms with Gasteiger partial charge in [0, 0.05) is 13.6 Å². The molecule has 1 N–H and O–H groups in total. The summed E-state index contributed by atoms with van der Waals surface area (Å²) in [4.78, 5) is 11.7. The fourth-order valence-electron chi connectivity index (χ4n) is 2.04. The first-order valence-corrected chi connectivity index (χ1v) is 8.27. The first-order chi connectivity index (χ1) is 10.8. The van der Waals surface area contributed by atoms with Gasteiger partial charge in [0.15, 0.2) is 0 Å². The average molecular weight is 380 g/mol. The molecule has 5 nitrogen and oxygen atoms in total. The Balaban J connectivity index is 1.86. The van der Waals surface area contributed by atoms with Crippen LogP contribution in [0.5, 0.6) is 5.75 Å². The zero-order valence-electron chi connectivity index (χ0n) is 13.9. The average Bonchev–Trinajstić information content (AvgIpc) is 2.51. The Hall–Kier alpha value is -1.82. The van der Waals surface area contributed by atoms with Gasteiger partial charge in [0.05, 0.1) is 11.9 Å². The van der Waals surface area contributed by atoms with Crippen molar-refractivity contribution in [3.8, 4) is 5.75 Å². The molecule has 0 radical (unpaired) electrons. The highest BCUT2D eigenvalue weighted by molar-refractivity contribution is 9.10. The molecule has 1 aromatic carbocycles. The van der Waals surface area contributed by atoms with Gasteiger partial charge in [-0.15, -0.1) is 0 Å². The van der Waals surface area contributed by atoms with Crippen molar-refractivity contribution >= 4 is 21.6 Å². The highest BCUT2D eigenvalue weighted by Crippen LogP contribution is 2.24. The molecule has 0 aliphatic rings. The number of hydrogen-bond acceptors (Lipinski definition) is 4. The standard InChI is InChI=1S/C17H22BrN3O2/c1-17(2,3)12-5-7-13(8-6-12)23-10-9-19-14-11-20-21(4)16(22)15(14)18/h5-8,11,19H,9-10H2,1-4H3. The van der Waals surface area contributed by atoms with E-state index in [0.29, 0.717) is 23.3 Å². The summed E-state index contributed by atoms with van der Waals surface area (Å²) in [5.74, 6) is 0.834. The summed E-state index contributed by atoms with van der Waals surface area (Å²) in [6, 6.07) is 8.14. The number of aromatic nitrogens is 2. The van der Waals surface area contributed by atoms with Crippen molar-refractivity contribution in [2.24, 2.45) is 7.05 Å². The second-order valence-corrected chi connectivity index (χ2v) is 7.14. The lowest BCUT2D eigenvalue weighted by Crippen LogP contribution is -2.22. The third-order valence-corrected chi connectivity index (χ3v) is 4.25. The Morgan fingerprint density at radius 3 is 2.52 bits per heavy atom. The first kappa shape index (κ1) is 17.5. The molecule has 124 valence electrons. The molecule has 6 heteroatoms. The third-order valence-electron chi connectivity index (χ3n) is 3.48. The van der Waals surface area contributed by atoms with Gasteiger partial charge < -0.3 is 10.1 Å². The van der Waals surface area contributed by atoms with Gasteiger partial charge in [-0.05, 0) is 39.0 Å². The minimum atomic E-state index is -0.173. The molecule has 0 fully saturated rings. The molecular weight excluding hydrogens is 358 g/mol. The maximum atomic E-state index is 11.7. The lowest BCUT2D eigenvalue weighted by Gasteiger charge is -2.19. The van der Waals surface area contributed by atoms with Crippen LogP contribution in [0, 0.1) is 0 Å². The van der Waals surface area contributed by atoms with Crippen molar-refractivity contribution in [1.29, 1.82) is 0 Å². The number of rotatable bonds is 5. The van der Waals surface area contributed by atoms with Gasteiger partial charge in [0.2, 0.25) is 0 Å². The second-order valence-electron chi connectivity index (χ2n) is 6.35. The largest absolute Gasteiger partial charge is 0.492 e. The first-order valence-electron chi connectivity index (χ1n) is 7.48. The number of aryl methyl sites for hydroxylation is 1. The summed E-state index contributed by atoms with van der Waals surface area (Å²) in [5, 5.41) is 7.12. The second kappa shape index (κ2) is 7.17. The molecule has 2 aromatic rings. The monoisotopic (exact) mass is 379 g/mol. The molecule has 0 aliphatic heterocycles. The molecule has 0 unspecified atom stereocenters. The summed E-state index contributed by atoms with van der Waals surface area (Å²) >= 11 is 3.28. The maximum absolute atomic E-state index is 11.7. The minimum Gasteiger partial charge on any atom is -0.492 e. The summed E-state index contributed by atoms with van der Waals surface area (Å²) in [6.45, 7) is 7.62. The number of benzene rings is 1. The topological polar surface area (TPSA) is 56.1 Å². The Morgan fingerprint density at radius 1 is 1.26 bits per heavy atom. The third kappa shape index (κ3) is 4.58. The number of halogens is 1. The molecule has 0 bridgehead atoms. The molecule has 0 saturated carbocycles. The van der Waals surface area contributed by atoms with E-state index in [1.807, 2.05) is 12.1 Å². The van der Waals surface area contributed by atoms with E-state index < -0.39 is 0 Å². The van der Waals surface area contributed by atoms with Crippen molar-refractivity contribution in [3.05, 3.63) is 50.9 Å². The SMILES string of the molecule is Cn1ncc(NCCOc2ccc(C(C)(C)C)cc2)c(Br)c1=O. The van der Waals surface area contributed by atoms with Crippen molar-refractivity contribution in [2.75, 3.05) is 18.5 Å². The van der Waals surface area contributed by atoms with Crippen LogP contribution in [0.1, 0.15) is 26.3 Å². The summed E-state index contributed by atoms with van der Waals surface area (Å²) in [7, 11) is 1.61. The number of nitrogens with zero attached hydrogens (tertiary/aromatic N) is 2. The molecular formula is C17H22BrN3O2. The van der Waals surface area contributed by atoms with Crippen LogP contribution in [0.4, 0.5) is 5.69 Å². The number of anilines is 1. The van der Waals surface area contributed by atoms with Crippen molar-refractivity contribution in [2.45, 2.75) is 26.2 Å². The Morgan fingerprint density at radius 2 is 1.91 bits per heavy atom. The van der Waals surface area contributed by atoms with E-state index in [1.165, 1.54) is 10.2 Å². The van der Waals surface area contributed by atoms with Crippen LogP contribution in [0.25, 0.3) is 0 Å². The van der Waals surface area contributed by atoms with E-state index in [0.717, 1.165) is 5.75 Å². The van der Waals surface area contributed by atoms with Crippen LogP contribution in [0.2, 0.25) is 0 Å². The van der Waals surface area contributed by atoms with Gasteiger partial charge in [-0.3, -0.25) is 4.79 Å². The van der Waals surface area contributed by atoms with E-state index in [1.54, 1.807) is 13.2 Å². The fraction of sp³-hybridized carbons (Fsp3) is 0.412. The predicted molar refractivity (Wildman–Crippen MR) is 96.3 cm³/mol. The zero-order valence-corrected chi connectivity index (χ0v) is 15.5. The van der Waals surface area contributed by atoms with E-state index in [4.69, 9.17) is 4.74 Å². The molecule has 0 aliphatic carbocycles. The van der Waals surface area contributed by atoms with Crippen LogP contribution >= 0.6 is 15.9 Å². The van der Waals surface area contributed by atoms with Crippen LogP contribution in [-0.4, -0.2) is 22.9 Å². The Bertz CT molecular complexity index is 718. The van der Waals surface area contributed by atoms with Gasteiger partial charge in [0.25, 0.3) is 5.56 Å². The number of hydrogen-bond donors (Lipinski definition) is 1. The molecule has 0 atom stereocenters. The zero-order chi connectivity index (χ0) is 17.0. The lowest BCUT2D eigenvalue weighted by atomic mass is 9.87. The Kier molecular flexibility index (Phi) is 5.46. The van der Waals surface area contributed by atoms with Gasteiger partial charge in [-0.2, -0.15) is 5.10 Å². The normalized spacial score (nSPS) is 11.3. The fourth-order valence-corrected chi connectivity index (χ4v) is 2.54. The molecule has 1 heterocycles. The quantitative estimate of drug-likeness (QED) is 0.809. The number of nitrogens with one attached hydrogen (secondary N) is 1. The lowest BCUT2D eigenvalue weighted by molar-refractivity contribution is 0.332. The summed E-state index contributed by atoms with van der Waals surface area (Å²) < 4.78 is 7.46. The Labute approximate surface area is 144 Å². The van der Waals surface area contributed by atoms with Crippen LogP contribution in [0.3, 0.4) is 0 Å².